The Kier molecular flexibility index (Phi) is 4.76. The zero-order valence-electron chi connectivity index (χ0n) is 13.9. The van der Waals surface area contributed by atoms with Gasteiger partial charge < -0.3 is 5.32 Å². The van der Waals surface area contributed by atoms with Gasteiger partial charge in [0.2, 0.25) is 0 Å². The molecule has 1 aliphatic rings. The molecule has 1 amide bonds. The number of likely N-dealkylation sites (tertiary alicyclic amines) is 1. The molecule has 122 valence electrons. The summed E-state index contributed by atoms with van der Waals surface area (Å²) in [5.41, 5.74) is 3.93. The van der Waals surface area contributed by atoms with Crippen molar-refractivity contribution in [1.29, 1.82) is 0 Å². The van der Waals surface area contributed by atoms with Gasteiger partial charge in [0.1, 0.15) is 0 Å². The summed E-state index contributed by atoms with van der Waals surface area (Å²) in [4.78, 5) is 14.7. The molecule has 2 heterocycles. The molecule has 1 fully saturated rings. The summed E-state index contributed by atoms with van der Waals surface area (Å²) in [6, 6.07) is 9.92. The maximum atomic E-state index is 12.2. The molecule has 0 spiro atoms. The Labute approximate surface area is 137 Å². The Morgan fingerprint density at radius 1 is 1.22 bits per heavy atom. The van der Waals surface area contributed by atoms with Crippen LogP contribution in [0.5, 0.6) is 0 Å². The predicted molar refractivity (Wildman–Crippen MR) is 90.1 cm³/mol. The normalized spacial score (nSPS) is 15.0. The van der Waals surface area contributed by atoms with E-state index in [4.69, 9.17) is 0 Å². The molecular weight excluding hydrogens is 288 g/mol. The first-order valence-electron chi connectivity index (χ1n) is 8.21. The van der Waals surface area contributed by atoms with Gasteiger partial charge in [-0.1, -0.05) is 12.1 Å². The zero-order chi connectivity index (χ0) is 16.2. The van der Waals surface area contributed by atoms with Crippen molar-refractivity contribution >= 4 is 5.91 Å². The molecule has 1 aromatic carbocycles. The van der Waals surface area contributed by atoms with Crippen molar-refractivity contribution in [2.45, 2.75) is 32.9 Å². The van der Waals surface area contributed by atoms with Crippen molar-refractivity contribution in [3.05, 3.63) is 52.8 Å². The number of nitrogens with one attached hydrogen (secondary N) is 1. The summed E-state index contributed by atoms with van der Waals surface area (Å²) in [6.45, 7) is 5.80. The molecule has 1 aliphatic heterocycles. The molecule has 1 saturated heterocycles. The van der Waals surface area contributed by atoms with Gasteiger partial charge in [-0.3, -0.25) is 14.4 Å². The fraction of sp³-hybridized carbons (Fsp3) is 0.444. The number of benzene rings is 1. The molecule has 0 saturated carbocycles. The molecule has 1 aromatic heterocycles. The minimum Gasteiger partial charge on any atom is -0.346 e. The Hall–Kier alpha value is -2.14. The second-order valence-electron chi connectivity index (χ2n) is 6.26. The van der Waals surface area contributed by atoms with Crippen molar-refractivity contribution in [2.75, 3.05) is 13.1 Å². The van der Waals surface area contributed by atoms with Crippen molar-refractivity contribution in [3.63, 3.8) is 0 Å². The van der Waals surface area contributed by atoms with Crippen LogP contribution in [0.2, 0.25) is 0 Å². The third-order valence-electron chi connectivity index (χ3n) is 4.35. The highest BCUT2D eigenvalue weighted by Crippen LogP contribution is 2.13. The lowest BCUT2D eigenvalue weighted by Gasteiger charge is -2.14. The molecule has 0 atom stereocenters. The second-order valence-corrected chi connectivity index (χ2v) is 6.26. The van der Waals surface area contributed by atoms with Crippen LogP contribution >= 0.6 is 0 Å². The van der Waals surface area contributed by atoms with Crippen molar-refractivity contribution in [1.82, 2.24) is 20.0 Å². The summed E-state index contributed by atoms with van der Waals surface area (Å²) in [6.07, 6.45) is 2.60. The second kappa shape index (κ2) is 6.96. The fourth-order valence-electron chi connectivity index (χ4n) is 3.06. The van der Waals surface area contributed by atoms with E-state index in [-0.39, 0.29) is 5.91 Å². The monoisotopic (exact) mass is 312 g/mol. The lowest BCUT2D eigenvalue weighted by atomic mass is 10.1. The maximum Gasteiger partial charge on any atom is 0.251 e. The van der Waals surface area contributed by atoms with E-state index in [1.165, 1.54) is 31.5 Å². The van der Waals surface area contributed by atoms with E-state index in [0.29, 0.717) is 12.1 Å². The lowest BCUT2D eigenvalue weighted by Crippen LogP contribution is -2.24. The molecule has 0 aliphatic carbocycles. The number of aryl methyl sites for hydroxylation is 2. The topological polar surface area (TPSA) is 50.2 Å². The van der Waals surface area contributed by atoms with Gasteiger partial charge in [0, 0.05) is 19.2 Å². The number of aromatic nitrogens is 2. The molecule has 3 rings (SSSR count). The first kappa shape index (κ1) is 15.7. The highest BCUT2D eigenvalue weighted by molar-refractivity contribution is 5.94. The Balaban J connectivity index is 1.55. The molecule has 0 unspecified atom stereocenters. The van der Waals surface area contributed by atoms with Crippen LogP contribution in [0.3, 0.4) is 0 Å². The summed E-state index contributed by atoms with van der Waals surface area (Å²) >= 11 is 0. The SMILES string of the molecule is Cc1cc(CNC(=O)c2ccc(CN3CCCC3)cc2)n(C)n1. The van der Waals surface area contributed by atoms with Crippen LogP contribution in [0.4, 0.5) is 0 Å². The number of nitrogens with zero attached hydrogens (tertiary/aromatic N) is 3. The quantitative estimate of drug-likeness (QED) is 0.921. The van der Waals surface area contributed by atoms with Crippen LogP contribution in [-0.4, -0.2) is 33.7 Å². The van der Waals surface area contributed by atoms with Gasteiger partial charge in [-0.25, -0.2) is 0 Å². The van der Waals surface area contributed by atoms with Crippen LogP contribution in [0, 0.1) is 6.92 Å². The number of carbonyl (C=O) groups excluding carboxylic acids is 1. The van der Waals surface area contributed by atoms with Gasteiger partial charge in [-0.2, -0.15) is 5.10 Å². The first-order valence-corrected chi connectivity index (χ1v) is 8.21. The van der Waals surface area contributed by atoms with Crippen LogP contribution in [0.1, 0.15) is 40.2 Å². The molecule has 5 nitrogen and oxygen atoms in total. The van der Waals surface area contributed by atoms with E-state index >= 15 is 0 Å². The lowest BCUT2D eigenvalue weighted by molar-refractivity contribution is 0.0950. The van der Waals surface area contributed by atoms with Gasteiger partial charge in [0.25, 0.3) is 5.91 Å². The number of hydrogen-bond acceptors (Lipinski definition) is 3. The molecule has 2 aromatic rings. The van der Waals surface area contributed by atoms with Crippen LogP contribution in [-0.2, 0) is 20.1 Å². The smallest absolute Gasteiger partial charge is 0.251 e. The number of amides is 1. The highest BCUT2D eigenvalue weighted by Gasteiger charge is 2.12. The number of rotatable bonds is 5. The maximum absolute atomic E-state index is 12.2. The molecule has 23 heavy (non-hydrogen) atoms. The molecular formula is C18H24N4O. The van der Waals surface area contributed by atoms with Crippen LogP contribution < -0.4 is 5.32 Å². The Morgan fingerprint density at radius 2 is 1.91 bits per heavy atom. The van der Waals surface area contributed by atoms with E-state index in [9.17, 15) is 4.79 Å². The van der Waals surface area contributed by atoms with E-state index in [0.717, 1.165) is 17.9 Å². The van der Waals surface area contributed by atoms with E-state index in [1.807, 2.05) is 32.2 Å². The summed E-state index contributed by atoms with van der Waals surface area (Å²) < 4.78 is 1.80. The zero-order valence-corrected chi connectivity index (χ0v) is 13.9. The highest BCUT2D eigenvalue weighted by atomic mass is 16.1. The molecule has 0 radical (unpaired) electrons. The Morgan fingerprint density at radius 3 is 2.52 bits per heavy atom. The van der Waals surface area contributed by atoms with Crippen molar-refractivity contribution in [3.8, 4) is 0 Å². The average Bonchev–Trinajstić information content (AvgIpc) is 3.15. The minimum atomic E-state index is -0.0448. The number of carbonyl (C=O) groups is 1. The summed E-state index contributed by atoms with van der Waals surface area (Å²) in [5.74, 6) is -0.0448. The molecule has 5 heteroatoms. The van der Waals surface area contributed by atoms with Gasteiger partial charge in [-0.05, 0) is 56.6 Å². The third kappa shape index (κ3) is 3.99. The third-order valence-corrected chi connectivity index (χ3v) is 4.35. The standard InChI is InChI=1S/C18H24N4O/c1-14-11-17(21(2)20-14)12-19-18(23)16-7-5-15(6-8-16)13-22-9-3-4-10-22/h5-8,11H,3-4,9-10,12-13H2,1-2H3,(H,19,23). The van der Waals surface area contributed by atoms with E-state index < -0.39 is 0 Å². The predicted octanol–water partition coefficient (Wildman–Crippen LogP) is 2.25. The van der Waals surface area contributed by atoms with E-state index in [1.54, 1.807) is 4.68 Å². The first-order chi connectivity index (χ1) is 11.1. The van der Waals surface area contributed by atoms with Crippen molar-refractivity contribution < 1.29 is 4.79 Å². The molecule has 0 bridgehead atoms. The molecule has 1 N–H and O–H groups in total. The minimum absolute atomic E-state index is 0.0448. The fourth-order valence-corrected chi connectivity index (χ4v) is 3.06. The van der Waals surface area contributed by atoms with Gasteiger partial charge in [0.05, 0.1) is 17.9 Å². The Bertz CT molecular complexity index is 669. The van der Waals surface area contributed by atoms with Crippen molar-refractivity contribution in [2.24, 2.45) is 7.05 Å². The van der Waals surface area contributed by atoms with Gasteiger partial charge in [0.15, 0.2) is 0 Å². The van der Waals surface area contributed by atoms with Crippen LogP contribution in [0.25, 0.3) is 0 Å². The summed E-state index contributed by atoms with van der Waals surface area (Å²) in [5, 5.41) is 7.23. The largest absolute Gasteiger partial charge is 0.346 e. The van der Waals surface area contributed by atoms with Gasteiger partial charge in [-0.15, -0.1) is 0 Å². The van der Waals surface area contributed by atoms with E-state index in [2.05, 4.69) is 27.4 Å². The number of hydrogen-bond donors (Lipinski definition) is 1. The average molecular weight is 312 g/mol. The summed E-state index contributed by atoms with van der Waals surface area (Å²) in [7, 11) is 1.89. The van der Waals surface area contributed by atoms with Gasteiger partial charge >= 0.3 is 0 Å². The van der Waals surface area contributed by atoms with Crippen LogP contribution in [0.15, 0.2) is 30.3 Å².